The summed E-state index contributed by atoms with van der Waals surface area (Å²) in [6, 6.07) is 0. The van der Waals surface area contributed by atoms with Gasteiger partial charge in [0.05, 0.1) is 0 Å². The Labute approximate surface area is 70.2 Å². The van der Waals surface area contributed by atoms with E-state index in [1.165, 1.54) is 17.6 Å². The molecule has 0 heterocycles. The highest BCUT2D eigenvalue weighted by Gasteiger charge is 2.05. The summed E-state index contributed by atoms with van der Waals surface area (Å²) in [6.45, 7) is 4.35. The Bertz CT molecular complexity index is 165. The second kappa shape index (κ2) is 2.86. The van der Waals surface area contributed by atoms with E-state index in [-0.39, 0.29) is 0 Å². The predicted octanol–water partition coefficient (Wildman–Crippen LogP) is 3.09. The van der Waals surface area contributed by atoms with Gasteiger partial charge in [0, 0.05) is 3.92 Å². The lowest BCUT2D eigenvalue weighted by Crippen LogP contribution is -1.98. The van der Waals surface area contributed by atoms with Crippen molar-refractivity contribution in [3.8, 4) is 0 Å². The zero-order chi connectivity index (χ0) is 6.85. The van der Waals surface area contributed by atoms with E-state index in [1.54, 1.807) is 0 Å². The van der Waals surface area contributed by atoms with Crippen molar-refractivity contribution in [1.29, 1.82) is 0 Å². The third kappa shape index (κ3) is 1.81. The minimum atomic E-state index is 0.728. The molecule has 0 aromatic carbocycles. The Morgan fingerprint density at radius 1 is 1.44 bits per heavy atom. The summed E-state index contributed by atoms with van der Waals surface area (Å²) in [6.07, 6.45) is 5.85. The maximum atomic E-state index is 2.46. The Morgan fingerprint density at radius 2 is 2.11 bits per heavy atom. The van der Waals surface area contributed by atoms with Gasteiger partial charge in [-0.05, 0) is 20.3 Å². The molecule has 0 spiro atoms. The molecule has 0 saturated heterocycles. The van der Waals surface area contributed by atoms with Crippen molar-refractivity contribution in [2.24, 2.45) is 0 Å². The molecule has 0 radical (unpaired) electrons. The highest BCUT2D eigenvalue weighted by molar-refractivity contribution is 14.1. The van der Waals surface area contributed by atoms with Crippen LogP contribution in [0, 0.1) is 0 Å². The molecule has 1 rings (SSSR count). The fourth-order valence-electron chi connectivity index (χ4n) is 0.921. The van der Waals surface area contributed by atoms with Crippen molar-refractivity contribution in [3.63, 3.8) is 0 Å². The van der Waals surface area contributed by atoms with Gasteiger partial charge in [0.15, 0.2) is 0 Å². The summed E-state index contributed by atoms with van der Waals surface area (Å²) in [5, 5.41) is 0. The molecule has 0 unspecified atom stereocenters. The number of allylic oxidation sites excluding steroid dienone is 4. The third-order valence-corrected chi connectivity index (χ3v) is 2.57. The lowest BCUT2D eigenvalue weighted by Gasteiger charge is -2.11. The van der Waals surface area contributed by atoms with Crippen LogP contribution >= 0.6 is 22.6 Å². The molecule has 9 heavy (non-hydrogen) atoms. The second-order valence-electron chi connectivity index (χ2n) is 2.49. The normalized spacial score (nSPS) is 27.2. The molecule has 0 nitrogen and oxygen atoms in total. The Hall–Kier alpha value is 0.210. The molecule has 0 N–H and O–H groups in total. The molecule has 0 fully saturated rings. The number of rotatable bonds is 0. The smallest absolute Gasteiger partial charge is 0.0329 e. The van der Waals surface area contributed by atoms with E-state index in [2.05, 4.69) is 48.6 Å². The minimum Gasteiger partial charge on any atom is -0.0800 e. The Kier molecular flexibility index (Phi) is 2.33. The topological polar surface area (TPSA) is 0 Å². The quantitative estimate of drug-likeness (QED) is 0.446. The van der Waals surface area contributed by atoms with Crippen molar-refractivity contribution < 1.29 is 0 Å². The van der Waals surface area contributed by atoms with Crippen molar-refractivity contribution in [1.82, 2.24) is 0 Å². The van der Waals surface area contributed by atoms with Gasteiger partial charge >= 0.3 is 0 Å². The van der Waals surface area contributed by atoms with Crippen LogP contribution in [0.25, 0.3) is 0 Å². The van der Waals surface area contributed by atoms with Crippen LogP contribution in [0.2, 0.25) is 0 Å². The van der Waals surface area contributed by atoms with Gasteiger partial charge in [-0.3, -0.25) is 0 Å². The van der Waals surface area contributed by atoms with Gasteiger partial charge < -0.3 is 0 Å². The van der Waals surface area contributed by atoms with Crippen LogP contribution in [0.15, 0.2) is 23.3 Å². The second-order valence-corrected chi connectivity index (χ2v) is 4.09. The van der Waals surface area contributed by atoms with E-state index in [0.29, 0.717) is 0 Å². The van der Waals surface area contributed by atoms with Gasteiger partial charge in [0.2, 0.25) is 0 Å². The van der Waals surface area contributed by atoms with Crippen LogP contribution in [-0.4, -0.2) is 3.92 Å². The standard InChI is InChI=1S/C8H11I/c1-6-3-4-8(9)5-7(6)2/h3,5,8H,4H2,1-2H3/t8-/m0/s1. The summed E-state index contributed by atoms with van der Waals surface area (Å²) in [7, 11) is 0. The first-order chi connectivity index (χ1) is 4.20. The van der Waals surface area contributed by atoms with Gasteiger partial charge in [0.25, 0.3) is 0 Å². The van der Waals surface area contributed by atoms with E-state index in [9.17, 15) is 0 Å². The van der Waals surface area contributed by atoms with Gasteiger partial charge in [-0.25, -0.2) is 0 Å². The van der Waals surface area contributed by atoms with Crippen LogP contribution < -0.4 is 0 Å². The molecule has 0 aromatic heterocycles. The lowest BCUT2D eigenvalue weighted by atomic mass is 10.0. The molecule has 1 aliphatic rings. The Balaban J connectivity index is 2.75. The number of hydrogen-bond acceptors (Lipinski definition) is 0. The molecule has 1 heteroatoms. The van der Waals surface area contributed by atoms with Gasteiger partial charge in [0.1, 0.15) is 0 Å². The molecule has 1 atom stereocenters. The predicted molar refractivity (Wildman–Crippen MR) is 49.9 cm³/mol. The SMILES string of the molecule is CC1=CC[C@H](I)C=C1C. The van der Waals surface area contributed by atoms with Crippen molar-refractivity contribution in [2.45, 2.75) is 24.2 Å². The van der Waals surface area contributed by atoms with Crippen LogP contribution in [-0.2, 0) is 0 Å². The molecule has 0 saturated carbocycles. The average molecular weight is 234 g/mol. The van der Waals surface area contributed by atoms with Crippen molar-refractivity contribution in [3.05, 3.63) is 23.3 Å². The van der Waals surface area contributed by atoms with E-state index in [0.717, 1.165) is 3.92 Å². The zero-order valence-corrected chi connectivity index (χ0v) is 7.97. The highest BCUT2D eigenvalue weighted by Crippen LogP contribution is 2.22. The monoisotopic (exact) mass is 234 g/mol. The fraction of sp³-hybridized carbons (Fsp3) is 0.500. The first kappa shape index (κ1) is 7.32. The minimum absolute atomic E-state index is 0.728. The largest absolute Gasteiger partial charge is 0.0800 e. The fourth-order valence-corrected chi connectivity index (χ4v) is 1.71. The van der Waals surface area contributed by atoms with Crippen LogP contribution in [0.5, 0.6) is 0 Å². The molecular formula is C8H11I. The summed E-state index contributed by atoms with van der Waals surface area (Å²) in [5.74, 6) is 0. The van der Waals surface area contributed by atoms with E-state index >= 15 is 0 Å². The molecule has 50 valence electrons. The van der Waals surface area contributed by atoms with E-state index < -0.39 is 0 Å². The molecule has 0 aliphatic heterocycles. The average Bonchev–Trinajstić information content (AvgIpc) is 1.80. The maximum Gasteiger partial charge on any atom is 0.0329 e. The summed E-state index contributed by atoms with van der Waals surface area (Å²) < 4.78 is 0.728. The van der Waals surface area contributed by atoms with E-state index in [4.69, 9.17) is 0 Å². The molecule has 0 bridgehead atoms. The van der Waals surface area contributed by atoms with E-state index in [1.807, 2.05) is 0 Å². The summed E-state index contributed by atoms with van der Waals surface area (Å²) >= 11 is 2.46. The van der Waals surface area contributed by atoms with Crippen LogP contribution in [0.3, 0.4) is 0 Å². The first-order valence-corrected chi connectivity index (χ1v) is 4.44. The zero-order valence-electron chi connectivity index (χ0n) is 5.82. The van der Waals surface area contributed by atoms with Crippen molar-refractivity contribution >= 4 is 22.6 Å². The van der Waals surface area contributed by atoms with Crippen LogP contribution in [0.4, 0.5) is 0 Å². The number of halogens is 1. The Morgan fingerprint density at radius 3 is 2.56 bits per heavy atom. The highest BCUT2D eigenvalue weighted by atomic mass is 127. The number of alkyl halides is 1. The molecular weight excluding hydrogens is 223 g/mol. The van der Waals surface area contributed by atoms with Gasteiger partial charge in [-0.15, -0.1) is 0 Å². The molecule has 0 amide bonds. The lowest BCUT2D eigenvalue weighted by molar-refractivity contribution is 1.04. The van der Waals surface area contributed by atoms with Gasteiger partial charge in [-0.1, -0.05) is 45.9 Å². The third-order valence-electron chi connectivity index (χ3n) is 1.70. The van der Waals surface area contributed by atoms with Crippen LogP contribution in [0.1, 0.15) is 20.3 Å². The maximum absolute atomic E-state index is 2.46. The number of hydrogen-bond donors (Lipinski definition) is 0. The van der Waals surface area contributed by atoms with Crippen molar-refractivity contribution in [2.75, 3.05) is 0 Å². The van der Waals surface area contributed by atoms with Gasteiger partial charge in [-0.2, -0.15) is 0 Å². The summed E-state index contributed by atoms with van der Waals surface area (Å²) in [4.78, 5) is 0. The summed E-state index contributed by atoms with van der Waals surface area (Å²) in [5.41, 5.74) is 2.89. The molecule has 1 aliphatic carbocycles. The first-order valence-electron chi connectivity index (χ1n) is 3.20. The molecule has 0 aromatic rings.